The average Bonchev–Trinajstić information content (AvgIpc) is 3.14. The predicted octanol–water partition coefficient (Wildman–Crippen LogP) is 11.9. The number of benzene rings is 8. The van der Waals surface area contributed by atoms with E-state index in [4.69, 9.17) is 9.97 Å². The maximum Gasteiger partial charge on any atom is 0.0972 e. The van der Waals surface area contributed by atoms with E-state index in [1.807, 2.05) is 12.3 Å². The molecule has 0 spiro atoms. The fourth-order valence-corrected chi connectivity index (χ4v) is 7.53. The molecule has 0 aliphatic carbocycles. The zero-order chi connectivity index (χ0) is 30.2. The number of hydrogen-bond acceptors (Lipinski definition) is 2. The van der Waals surface area contributed by atoms with Crippen molar-refractivity contribution in [2.75, 3.05) is 0 Å². The Balaban J connectivity index is 1.36. The summed E-state index contributed by atoms with van der Waals surface area (Å²) in [6, 6.07) is 54.9. The van der Waals surface area contributed by atoms with Crippen molar-refractivity contribution in [2.45, 2.75) is 0 Å². The van der Waals surface area contributed by atoms with Crippen molar-refractivity contribution in [3.8, 4) is 22.4 Å². The van der Waals surface area contributed by atoms with Crippen LogP contribution in [0.5, 0.6) is 0 Å². The summed E-state index contributed by atoms with van der Waals surface area (Å²) in [4.78, 5) is 9.92. The Kier molecular flexibility index (Phi) is 5.31. The van der Waals surface area contributed by atoms with Crippen LogP contribution in [-0.2, 0) is 0 Å². The summed E-state index contributed by atoms with van der Waals surface area (Å²) >= 11 is 0. The molecule has 8 aromatic carbocycles. The van der Waals surface area contributed by atoms with Crippen molar-refractivity contribution < 1.29 is 0 Å². The van der Waals surface area contributed by atoms with Crippen molar-refractivity contribution in [3.63, 3.8) is 0 Å². The van der Waals surface area contributed by atoms with E-state index < -0.39 is 0 Å². The molecule has 46 heavy (non-hydrogen) atoms. The van der Waals surface area contributed by atoms with Crippen LogP contribution in [0.2, 0.25) is 0 Å². The van der Waals surface area contributed by atoms with Crippen molar-refractivity contribution in [1.82, 2.24) is 9.97 Å². The maximum absolute atomic E-state index is 5.22. The van der Waals surface area contributed by atoms with Gasteiger partial charge in [0.25, 0.3) is 0 Å². The molecule has 0 amide bonds. The number of pyridine rings is 2. The molecule has 2 heterocycles. The lowest BCUT2D eigenvalue weighted by atomic mass is 9.85. The van der Waals surface area contributed by atoms with Gasteiger partial charge < -0.3 is 0 Å². The first-order valence-corrected chi connectivity index (χ1v) is 15.7. The van der Waals surface area contributed by atoms with E-state index in [0.717, 1.165) is 33.1 Å². The Morgan fingerprint density at radius 2 is 0.870 bits per heavy atom. The molecular formula is C44H26N2. The molecule has 2 aromatic heterocycles. The van der Waals surface area contributed by atoms with Gasteiger partial charge in [-0.15, -0.1) is 0 Å². The minimum atomic E-state index is 0.934. The summed E-state index contributed by atoms with van der Waals surface area (Å²) in [7, 11) is 0. The van der Waals surface area contributed by atoms with Crippen molar-refractivity contribution >= 4 is 75.7 Å². The number of aromatic nitrogens is 2. The van der Waals surface area contributed by atoms with E-state index >= 15 is 0 Å². The van der Waals surface area contributed by atoms with Crippen LogP contribution in [0.15, 0.2) is 158 Å². The van der Waals surface area contributed by atoms with E-state index in [-0.39, 0.29) is 0 Å². The second-order valence-corrected chi connectivity index (χ2v) is 12.1. The van der Waals surface area contributed by atoms with Gasteiger partial charge in [0.2, 0.25) is 0 Å². The fraction of sp³-hybridized carbons (Fsp3) is 0. The quantitative estimate of drug-likeness (QED) is 0.190. The average molecular weight is 583 g/mol. The van der Waals surface area contributed by atoms with Gasteiger partial charge >= 0.3 is 0 Å². The topological polar surface area (TPSA) is 25.8 Å². The minimum Gasteiger partial charge on any atom is -0.254 e. The molecule has 10 aromatic rings. The van der Waals surface area contributed by atoms with Crippen LogP contribution in [0.3, 0.4) is 0 Å². The maximum atomic E-state index is 5.22. The van der Waals surface area contributed by atoms with Gasteiger partial charge in [0.1, 0.15) is 0 Å². The van der Waals surface area contributed by atoms with E-state index in [0.29, 0.717) is 0 Å². The third-order valence-corrected chi connectivity index (χ3v) is 9.64. The molecule has 0 aliphatic rings. The third kappa shape index (κ3) is 3.65. The third-order valence-electron chi connectivity index (χ3n) is 9.64. The molecular weight excluding hydrogens is 556 g/mol. The highest BCUT2D eigenvalue weighted by Crippen LogP contribution is 2.45. The van der Waals surface area contributed by atoms with Crippen molar-refractivity contribution in [3.05, 3.63) is 158 Å². The van der Waals surface area contributed by atoms with Gasteiger partial charge in [-0.3, -0.25) is 4.98 Å². The molecule has 10 rings (SSSR count). The molecule has 212 valence electrons. The molecule has 0 radical (unpaired) electrons. The molecule has 2 nitrogen and oxygen atoms in total. The van der Waals surface area contributed by atoms with Crippen molar-refractivity contribution in [2.24, 2.45) is 0 Å². The van der Waals surface area contributed by atoms with Gasteiger partial charge in [-0.2, -0.15) is 0 Å². The summed E-state index contributed by atoms with van der Waals surface area (Å²) in [5.74, 6) is 0. The van der Waals surface area contributed by atoms with E-state index in [1.54, 1.807) is 0 Å². The Morgan fingerprint density at radius 3 is 1.57 bits per heavy atom. The van der Waals surface area contributed by atoms with Gasteiger partial charge in [-0.05, 0) is 89.3 Å². The Bertz CT molecular complexity index is 2850. The van der Waals surface area contributed by atoms with Crippen LogP contribution in [0.1, 0.15) is 0 Å². The van der Waals surface area contributed by atoms with Crippen molar-refractivity contribution in [1.29, 1.82) is 0 Å². The second-order valence-electron chi connectivity index (χ2n) is 12.1. The number of nitrogens with zero attached hydrogens (tertiary/aromatic N) is 2. The molecule has 0 unspecified atom stereocenters. The molecule has 0 bridgehead atoms. The van der Waals surface area contributed by atoms with Gasteiger partial charge in [-0.1, -0.05) is 127 Å². The standard InChI is InChI=1S/C44H26N2/c1-2-9-27(10-3-1)30-18-21-34-35-22-19-31(40-23-20-29-17-16-28-11-8-24-45-43(28)44(29)46-40)26-39(35)42-37-15-7-5-13-33(37)32-12-4-6-14-36(32)41(42)38(34)25-30/h1-26H. The summed E-state index contributed by atoms with van der Waals surface area (Å²) in [6.07, 6.45) is 1.85. The van der Waals surface area contributed by atoms with Gasteiger partial charge in [0.05, 0.1) is 16.7 Å². The van der Waals surface area contributed by atoms with Gasteiger partial charge in [0.15, 0.2) is 0 Å². The Hall–Kier alpha value is -6.12. The van der Waals surface area contributed by atoms with Crippen LogP contribution >= 0.6 is 0 Å². The number of hydrogen-bond donors (Lipinski definition) is 0. The Morgan fingerprint density at radius 1 is 0.326 bits per heavy atom. The molecule has 0 N–H and O–H groups in total. The highest BCUT2D eigenvalue weighted by molar-refractivity contribution is 6.39. The molecule has 0 fully saturated rings. The normalized spacial score (nSPS) is 11.9. The molecule has 0 saturated carbocycles. The fourth-order valence-electron chi connectivity index (χ4n) is 7.53. The SMILES string of the molecule is c1ccc(-c2ccc3c4ccc(-c5ccc6ccc7cccnc7c6n5)cc4c4c5ccccc5c5ccccc5c4c3c2)cc1. The van der Waals surface area contributed by atoms with E-state index in [2.05, 4.69) is 146 Å². The summed E-state index contributed by atoms with van der Waals surface area (Å²) in [6.45, 7) is 0. The smallest absolute Gasteiger partial charge is 0.0972 e. The highest BCUT2D eigenvalue weighted by Gasteiger charge is 2.17. The zero-order valence-corrected chi connectivity index (χ0v) is 24.9. The molecule has 0 atom stereocenters. The predicted molar refractivity (Wildman–Crippen MR) is 195 cm³/mol. The zero-order valence-electron chi connectivity index (χ0n) is 24.9. The lowest BCUT2D eigenvalue weighted by Crippen LogP contribution is -1.91. The highest BCUT2D eigenvalue weighted by atomic mass is 14.7. The molecule has 0 saturated heterocycles. The van der Waals surface area contributed by atoms with E-state index in [9.17, 15) is 0 Å². The summed E-state index contributed by atoms with van der Waals surface area (Å²) in [5, 5.41) is 14.9. The summed E-state index contributed by atoms with van der Waals surface area (Å²) in [5.41, 5.74) is 6.37. The van der Waals surface area contributed by atoms with Crippen LogP contribution in [-0.4, -0.2) is 9.97 Å². The van der Waals surface area contributed by atoms with Gasteiger partial charge in [-0.25, -0.2) is 4.98 Å². The Labute approximate surface area is 265 Å². The van der Waals surface area contributed by atoms with Crippen LogP contribution in [0.25, 0.3) is 98.1 Å². The van der Waals surface area contributed by atoms with Crippen LogP contribution < -0.4 is 0 Å². The van der Waals surface area contributed by atoms with E-state index in [1.165, 1.54) is 65.0 Å². The number of rotatable bonds is 2. The second kappa shape index (κ2) is 9.69. The monoisotopic (exact) mass is 582 g/mol. The summed E-state index contributed by atoms with van der Waals surface area (Å²) < 4.78 is 0. The van der Waals surface area contributed by atoms with Crippen LogP contribution in [0.4, 0.5) is 0 Å². The molecule has 2 heteroatoms. The first-order chi connectivity index (χ1) is 22.8. The number of fused-ring (bicyclic) bond motifs is 14. The van der Waals surface area contributed by atoms with Crippen LogP contribution in [0, 0.1) is 0 Å². The lowest BCUT2D eigenvalue weighted by molar-refractivity contribution is 1.37. The first-order valence-electron chi connectivity index (χ1n) is 15.7. The first kappa shape index (κ1) is 25.2. The van der Waals surface area contributed by atoms with Gasteiger partial charge in [0, 0.05) is 22.5 Å². The lowest BCUT2D eigenvalue weighted by Gasteiger charge is -2.18. The minimum absolute atomic E-state index is 0.934. The largest absolute Gasteiger partial charge is 0.254 e. The molecule has 0 aliphatic heterocycles.